The molecule has 4 aliphatic carbocycles. The van der Waals surface area contributed by atoms with Gasteiger partial charge in [-0.05, 0) is 98.0 Å². The molecule has 0 unspecified atom stereocenters. The molecule has 5 rings (SSSR count). The van der Waals surface area contributed by atoms with Gasteiger partial charge in [0.05, 0.1) is 7.11 Å². The van der Waals surface area contributed by atoms with Crippen molar-refractivity contribution in [2.45, 2.75) is 65.2 Å². The lowest BCUT2D eigenvalue weighted by Gasteiger charge is -2.61. The highest BCUT2D eigenvalue weighted by Crippen LogP contribution is 2.73. The van der Waals surface area contributed by atoms with E-state index in [1.807, 2.05) is 0 Å². The number of aryl methyl sites for hydroxylation is 1. The molecule has 0 aromatic heterocycles. The Morgan fingerprint density at radius 2 is 2.07 bits per heavy atom. The molecular weight excluding hydrogens is 360 g/mol. The van der Waals surface area contributed by atoms with Crippen molar-refractivity contribution in [2.24, 2.45) is 22.7 Å². The van der Waals surface area contributed by atoms with Crippen molar-refractivity contribution < 1.29 is 14.3 Å². The van der Waals surface area contributed by atoms with Gasteiger partial charge in [0.2, 0.25) is 0 Å². The molecule has 0 bridgehead atoms. The van der Waals surface area contributed by atoms with Crippen molar-refractivity contribution in [3.05, 3.63) is 52.8 Å². The first-order chi connectivity index (χ1) is 13.9. The van der Waals surface area contributed by atoms with Gasteiger partial charge in [0.1, 0.15) is 11.5 Å². The van der Waals surface area contributed by atoms with E-state index < -0.39 is 0 Å². The first kappa shape index (κ1) is 19.0. The summed E-state index contributed by atoms with van der Waals surface area (Å²) in [4.78, 5) is 11.9. The summed E-state index contributed by atoms with van der Waals surface area (Å²) >= 11 is 0. The van der Waals surface area contributed by atoms with Crippen molar-refractivity contribution in [2.75, 3.05) is 7.11 Å². The zero-order valence-electron chi connectivity index (χ0n) is 18.1. The first-order valence-electron chi connectivity index (χ1n) is 11.1. The normalized spacial score (nSPS) is 37.3. The Kier molecular flexibility index (Phi) is 4.24. The molecule has 1 aromatic carbocycles. The number of benzene rings is 1. The van der Waals surface area contributed by atoms with E-state index >= 15 is 0 Å². The molecule has 154 valence electrons. The third-order valence-electron chi connectivity index (χ3n) is 8.75. The van der Waals surface area contributed by atoms with Crippen molar-refractivity contribution in [1.82, 2.24) is 0 Å². The maximum Gasteiger partial charge on any atom is 0.307 e. The lowest BCUT2D eigenvalue weighted by molar-refractivity contribution is -0.143. The van der Waals surface area contributed by atoms with E-state index in [0.717, 1.165) is 43.6 Å². The molecule has 0 aliphatic heterocycles. The molecule has 4 aliphatic rings. The molecule has 0 heterocycles. The maximum atomic E-state index is 11.9. The summed E-state index contributed by atoms with van der Waals surface area (Å²) < 4.78 is 11.4. The van der Waals surface area contributed by atoms with Crippen LogP contribution in [0.15, 0.2) is 41.7 Å². The highest BCUT2D eigenvalue weighted by atomic mass is 16.5. The van der Waals surface area contributed by atoms with E-state index in [4.69, 9.17) is 9.47 Å². The SMILES string of the molecule is COc1ccc2c(c1)CC[C@@H]1[C@@H]2CC[C@]2(C)C(OC(C)=O)=C[C@H]3CC(C)=CC[C@]132. The smallest absolute Gasteiger partial charge is 0.307 e. The molecule has 0 radical (unpaired) electrons. The molecule has 5 atom stereocenters. The number of esters is 1. The van der Waals surface area contributed by atoms with Gasteiger partial charge in [-0.25, -0.2) is 0 Å². The average molecular weight is 393 g/mol. The third-order valence-corrected chi connectivity index (χ3v) is 8.75. The molecular formula is C26H32O3. The predicted octanol–water partition coefficient (Wildman–Crippen LogP) is 5.94. The second-order valence-corrected chi connectivity index (χ2v) is 9.92. The van der Waals surface area contributed by atoms with Crippen molar-refractivity contribution in [1.29, 1.82) is 0 Å². The van der Waals surface area contributed by atoms with E-state index in [-0.39, 0.29) is 16.8 Å². The number of allylic oxidation sites excluding steroid dienone is 4. The summed E-state index contributed by atoms with van der Waals surface area (Å²) in [6, 6.07) is 6.70. The van der Waals surface area contributed by atoms with Crippen LogP contribution < -0.4 is 4.74 Å². The van der Waals surface area contributed by atoms with Crippen molar-refractivity contribution in [3.8, 4) is 5.75 Å². The van der Waals surface area contributed by atoms with Crippen LogP contribution in [0.3, 0.4) is 0 Å². The molecule has 1 spiro atoms. The molecule has 0 N–H and O–H groups in total. The van der Waals surface area contributed by atoms with Gasteiger partial charge in [-0.3, -0.25) is 4.79 Å². The standard InChI is InChI=1S/C26H32O3/c1-16-9-12-26-19(13-16)15-24(29-17(2)27)25(26,3)11-10-22-21-7-6-20(28-4)14-18(21)5-8-23(22)26/h6-7,9,14-15,19,22-23H,5,8,10-13H2,1-4H3/t19-,22-,23-,25-,26-/m1/s1. The number of carbonyl (C=O) groups excluding carboxylic acids is 1. The second kappa shape index (κ2) is 6.48. The summed E-state index contributed by atoms with van der Waals surface area (Å²) in [5.74, 6) is 3.43. The van der Waals surface area contributed by atoms with E-state index in [1.165, 1.54) is 30.0 Å². The highest BCUT2D eigenvalue weighted by Gasteiger charge is 2.66. The van der Waals surface area contributed by atoms with E-state index in [9.17, 15) is 4.79 Å². The molecule has 1 saturated carbocycles. The van der Waals surface area contributed by atoms with E-state index in [1.54, 1.807) is 7.11 Å². The summed E-state index contributed by atoms with van der Waals surface area (Å²) in [5, 5.41) is 0. The van der Waals surface area contributed by atoms with Crippen LogP contribution in [-0.2, 0) is 16.0 Å². The van der Waals surface area contributed by atoms with E-state index in [0.29, 0.717) is 17.8 Å². The largest absolute Gasteiger partial charge is 0.497 e. The van der Waals surface area contributed by atoms with Crippen molar-refractivity contribution in [3.63, 3.8) is 0 Å². The lowest BCUT2D eigenvalue weighted by Crippen LogP contribution is -2.54. The number of hydrogen-bond acceptors (Lipinski definition) is 3. The third kappa shape index (κ3) is 2.52. The Morgan fingerprint density at radius 1 is 1.24 bits per heavy atom. The van der Waals surface area contributed by atoms with Crippen LogP contribution in [0.4, 0.5) is 0 Å². The zero-order chi connectivity index (χ0) is 20.4. The Morgan fingerprint density at radius 3 is 2.83 bits per heavy atom. The number of fused-ring (bicyclic) bond motifs is 3. The van der Waals surface area contributed by atoms with Gasteiger partial charge in [0.15, 0.2) is 0 Å². The van der Waals surface area contributed by atoms with Crippen LogP contribution in [-0.4, -0.2) is 13.1 Å². The van der Waals surface area contributed by atoms with Gasteiger partial charge < -0.3 is 9.47 Å². The molecule has 1 aromatic rings. The van der Waals surface area contributed by atoms with Gasteiger partial charge in [0.25, 0.3) is 0 Å². The van der Waals surface area contributed by atoms with Crippen LogP contribution in [0.2, 0.25) is 0 Å². The topological polar surface area (TPSA) is 35.5 Å². The summed E-state index contributed by atoms with van der Waals surface area (Å²) in [5.41, 5.74) is 4.59. The zero-order valence-corrected chi connectivity index (χ0v) is 18.1. The summed E-state index contributed by atoms with van der Waals surface area (Å²) in [7, 11) is 1.75. The highest BCUT2D eigenvalue weighted by molar-refractivity contribution is 5.68. The number of hydrogen-bond donors (Lipinski definition) is 0. The fourth-order valence-corrected chi connectivity index (χ4v) is 7.47. The summed E-state index contributed by atoms with van der Waals surface area (Å²) in [6.07, 6.45) is 11.6. The Hall–Kier alpha value is -2.03. The molecule has 3 heteroatoms. The molecule has 0 saturated heterocycles. The molecule has 0 amide bonds. The van der Waals surface area contributed by atoms with Gasteiger partial charge in [0, 0.05) is 12.3 Å². The number of rotatable bonds is 2. The monoisotopic (exact) mass is 392 g/mol. The minimum absolute atomic E-state index is 0.0499. The van der Waals surface area contributed by atoms with Crippen LogP contribution in [0.25, 0.3) is 0 Å². The molecule has 3 nitrogen and oxygen atoms in total. The quantitative estimate of drug-likeness (QED) is 0.461. The maximum absolute atomic E-state index is 11.9. The fraction of sp³-hybridized carbons (Fsp3) is 0.577. The Bertz CT molecular complexity index is 926. The van der Waals surface area contributed by atoms with Crippen molar-refractivity contribution >= 4 is 5.97 Å². The number of methoxy groups -OCH3 is 1. The second-order valence-electron chi connectivity index (χ2n) is 9.92. The van der Waals surface area contributed by atoms with Gasteiger partial charge in [-0.15, -0.1) is 0 Å². The lowest BCUT2D eigenvalue weighted by atomic mass is 9.43. The Balaban J connectivity index is 1.60. The minimum Gasteiger partial charge on any atom is -0.497 e. The molecule has 1 fully saturated rings. The fourth-order valence-electron chi connectivity index (χ4n) is 7.47. The first-order valence-corrected chi connectivity index (χ1v) is 11.1. The van der Waals surface area contributed by atoms with Gasteiger partial charge in [-0.2, -0.15) is 0 Å². The van der Waals surface area contributed by atoms with Crippen LogP contribution >= 0.6 is 0 Å². The van der Waals surface area contributed by atoms with Gasteiger partial charge in [-0.1, -0.05) is 24.6 Å². The van der Waals surface area contributed by atoms with Crippen LogP contribution in [0, 0.1) is 22.7 Å². The van der Waals surface area contributed by atoms with Crippen LogP contribution in [0.1, 0.15) is 69.9 Å². The summed E-state index contributed by atoms with van der Waals surface area (Å²) in [6.45, 7) is 6.18. The predicted molar refractivity (Wildman–Crippen MR) is 114 cm³/mol. The minimum atomic E-state index is -0.181. The van der Waals surface area contributed by atoms with Crippen LogP contribution in [0.5, 0.6) is 5.75 Å². The Labute approximate surface area is 174 Å². The van der Waals surface area contributed by atoms with Gasteiger partial charge >= 0.3 is 5.97 Å². The molecule has 29 heavy (non-hydrogen) atoms. The average Bonchev–Trinajstić information content (AvgIpc) is 2.95. The number of carbonyl (C=O) groups is 1. The van der Waals surface area contributed by atoms with E-state index in [2.05, 4.69) is 44.2 Å². The number of ether oxygens (including phenoxy) is 2.